The second-order valence-corrected chi connectivity index (χ2v) is 2.20. The fourth-order valence-corrected chi connectivity index (χ4v) is 0.435. The first-order valence-electron chi connectivity index (χ1n) is 4.18. The highest BCUT2D eigenvalue weighted by molar-refractivity contribution is 5.08. The lowest BCUT2D eigenvalue weighted by atomic mass is 10.3. The zero-order valence-corrected chi connectivity index (χ0v) is 8.22. The van der Waals surface area contributed by atoms with Crippen LogP contribution in [-0.2, 0) is 0 Å². The Bertz CT molecular complexity index is 123. The third-order valence-electron chi connectivity index (χ3n) is 0.868. The summed E-state index contributed by atoms with van der Waals surface area (Å²) < 4.78 is 0. The number of hydrogen-bond acceptors (Lipinski definition) is 0. The summed E-state index contributed by atoms with van der Waals surface area (Å²) in [6.07, 6.45) is 9.07. The van der Waals surface area contributed by atoms with Gasteiger partial charge < -0.3 is 0 Å². The summed E-state index contributed by atoms with van der Waals surface area (Å²) in [6.45, 7) is 11.8. The van der Waals surface area contributed by atoms with Crippen LogP contribution in [0, 0.1) is 0 Å². The fraction of sp³-hybridized carbons (Fsp3) is 0.455. The van der Waals surface area contributed by atoms with Gasteiger partial charge in [-0.2, -0.15) is 0 Å². The summed E-state index contributed by atoms with van der Waals surface area (Å²) in [4.78, 5) is 0. The van der Waals surface area contributed by atoms with E-state index in [4.69, 9.17) is 0 Å². The molecule has 0 aliphatic carbocycles. The molecule has 0 aliphatic rings. The molecule has 0 aliphatic heterocycles. The van der Waals surface area contributed by atoms with Crippen LogP contribution >= 0.6 is 0 Å². The monoisotopic (exact) mass is 152 g/mol. The first-order chi connectivity index (χ1) is 5.27. The predicted octanol–water partition coefficient (Wildman–Crippen LogP) is 4.11. The van der Waals surface area contributed by atoms with Crippen LogP contribution < -0.4 is 0 Å². The van der Waals surface area contributed by atoms with Crippen molar-refractivity contribution in [3.63, 3.8) is 0 Å². The molecule has 0 nitrogen and oxygen atoms in total. The van der Waals surface area contributed by atoms with Gasteiger partial charge in [0.25, 0.3) is 0 Å². The number of allylic oxidation sites excluding steroid dienone is 5. The van der Waals surface area contributed by atoms with Gasteiger partial charge in [-0.05, 0) is 20.3 Å². The van der Waals surface area contributed by atoms with Gasteiger partial charge in [-0.15, -0.1) is 6.58 Å². The summed E-state index contributed by atoms with van der Waals surface area (Å²) in [7, 11) is 0. The molecule has 0 bridgehead atoms. The topological polar surface area (TPSA) is 0 Å². The van der Waals surface area contributed by atoms with E-state index >= 15 is 0 Å². The molecule has 0 aromatic heterocycles. The van der Waals surface area contributed by atoms with Crippen LogP contribution in [0.15, 0.2) is 36.5 Å². The van der Waals surface area contributed by atoms with Gasteiger partial charge in [0, 0.05) is 0 Å². The van der Waals surface area contributed by atoms with E-state index in [1.54, 1.807) is 0 Å². The molecule has 0 amide bonds. The molecule has 0 saturated carbocycles. The first kappa shape index (κ1) is 12.9. The van der Waals surface area contributed by atoms with Gasteiger partial charge in [0.1, 0.15) is 0 Å². The minimum absolute atomic E-state index is 0.962. The first-order valence-corrected chi connectivity index (χ1v) is 4.18. The Morgan fingerprint density at radius 1 is 1.27 bits per heavy atom. The minimum atomic E-state index is 0.962. The van der Waals surface area contributed by atoms with Gasteiger partial charge in [0.2, 0.25) is 0 Å². The molecule has 64 valence electrons. The average molecular weight is 152 g/mol. The molecule has 0 fully saturated rings. The number of rotatable bonds is 3. The Kier molecular flexibility index (Phi) is 14.0. The maximum absolute atomic E-state index is 3.61. The Balaban J connectivity index is 0. The predicted molar refractivity (Wildman–Crippen MR) is 54.7 cm³/mol. The van der Waals surface area contributed by atoms with Crippen LogP contribution in [0.25, 0.3) is 0 Å². The van der Waals surface area contributed by atoms with Crippen molar-refractivity contribution in [2.24, 2.45) is 0 Å². The Morgan fingerprint density at radius 2 is 1.82 bits per heavy atom. The van der Waals surface area contributed by atoms with E-state index < -0.39 is 0 Å². The molecular formula is C11H20. The summed E-state index contributed by atoms with van der Waals surface area (Å²) in [5, 5.41) is 0. The van der Waals surface area contributed by atoms with Gasteiger partial charge in [0.05, 0.1) is 0 Å². The van der Waals surface area contributed by atoms with E-state index in [0.717, 1.165) is 6.42 Å². The van der Waals surface area contributed by atoms with Gasteiger partial charge in [-0.1, -0.05) is 43.7 Å². The quantitative estimate of drug-likeness (QED) is 0.421. The molecule has 0 rings (SSSR count). The molecule has 0 N–H and O–H groups in total. The van der Waals surface area contributed by atoms with E-state index in [9.17, 15) is 0 Å². The van der Waals surface area contributed by atoms with Crippen LogP contribution in [0.4, 0.5) is 0 Å². The van der Waals surface area contributed by atoms with E-state index in [0.29, 0.717) is 0 Å². The fourth-order valence-electron chi connectivity index (χ4n) is 0.435. The van der Waals surface area contributed by atoms with Crippen LogP contribution in [0.5, 0.6) is 0 Å². The highest BCUT2D eigenvalue weighted by Gasteiger charge is 1.68. The number of hydrogen-bond donors (Lipinski definition) is 0. The lowest BCUT2D eigenvalue weighted by molar-refractivity contribution is 1.37. The maximum atomic E-state index is 3.61. The maximum Gasteiger partial charge on any atom is -0.0169 e. The third kappa shape index (κ3) is 17.6. The second kappa shape index (κ2) is 12.0. The molecule has 0 aromatic rings. The Hall–Kier alpha value is -0.780. The standard InChI is InChI=1S/C9H14.C2H6/c1-4-5-6-7-8-9(2)3;1-2/h4,6-8H,1,5H2,2-3H3;1-2H3. The highest BCUT2D eigenvalue weighted by atomic mass is 13.8. The zero-order valence-electron chi connectivity index (χ0n) is 8.22. The Labute approximate surface area is 71.3 Å². The lowest BCUT2D eigenvalue weighted by Crippen LogP contribution is -1.59. The minimum Gasteiger partial charge on any atom is -0.103 e. The highest BCUT2D eigenvalue weighted by Crippen LogP contribution is 1.90. The molecule has 0 unspecified atom stereocenters. The van der Waals surface area contributed by atoms with Gasteiger partial charge >= 0.3 is 0 Å². The van der Waals surface area contributed by atoms with Crippen molar-refractivity contribution >= 4 is 0 Å². The van der Waals surface area contributed by atoms with Crippen molar-refractivity contribution in [3.8, 4) is 0 Å². The molecule has 0 saturated heterocycles. The van der Waals surface area contributed by atoms with Gasteiger partial charge in [-0.3, -0.25) is 0 Å². The van der Waals surface area contributed by atoms with E-state index in [1.165, 1.54) is 5.57 Å². The summed E-state index contributed by atoms with van der Waals surface area (Å²) in [5.41, 5.74) is 1.33. The molecule has 11 heavy (non-hydrogen) atoms. The molecule has 0 radical (unpaired) electrons. The molecule has 0 heterocycles. The summed E-state index contributed by atoms with van der Waals surface area (Å²) in [5.74, 6) is 0. The smallest absolute Gasteiger partial charge is 0.0169 e. The van der Waals surface area contributed by atoms with Crippen molar-refractivity contribution in [1.82, 2.24) is 0 Å². The van der Waals surface area contributed by atoms with Crippen LogP contribution in [0.3, 0.4) is 0 Å². The average Bonchev–Trinajstić information content (AvgIpc) is 2.02. The molecule has 0 heteroatoms. The van der Waals surface area contributed by atoms with Gasteiger partial charge in [0.15, 0.2) is 0 Å². The SMILES string of the molecule is C=CCC=CC=C(C)C.CC. The normalized spacial score (nSPS) is 8.36. The van der Waals surface area contributed by atoms with Crippen molar-refractivity contribution < 1.29 is 0 Å². The Morgan fingerprint density at radius 3 is 2.18 bits per heavy atom. The summed E-state index contributed by atoms with van der Waals surface area (Å²) >= 11 is 0. The molecule has 0 aromatic carbocycles. The van der Waals surface area contributed by atoms with E-state index in [-0.39, 0.29) is 0 Å². The molecule has 0 atom stereocenters. The van der Waals surface area contributed by atoms with Gasteiger partial charge in [-0.25, -0.2) is 0 Å². The largest absolute Gasteiger partial charge is 0.103 e. The lowest BCUT2D eigenvalue weighted by Gasteiger charge is -1.80. The summed E-state index contributed by atoms with van der Waals surface area (Å²) in [6, 6.07) is 0. The van der Waals surface area contributed by atoms with Crippen LogP contribution in [0.2, 0.25) is 0 Å². The molecule has 0 spiro atoms. The van der Waals surface area contributed by atoms with Crippen molar-refractivity contribution in [2.45, 2.75) is 34.1 Å². The van der Waals surface area contributed by atoms with Crippen molar-refractivity contribution in [1.29, 1.82) is 0 Å². The van der Waals surface area contributed by atoms with Crippen molar-refractivity contribution in [3.05, 3.63) is 36.5 Å². The van der Waals surface area contributed by atoms with Crippen LogP contribution in [-0.4, -0.2) is 0 Å². The van der Waals surface area contributed by atoms with Crippen LogP contribution in [0.1, 0.15) is 34.1 Å². The second-order valence-electron chi connectivity index (χ2n) is 2.20. The van der Waals surface area contributed by atoms with E-state index in [2.05, 4.69) is 38.7 Å². The van der Waals surface area contributed by atoms with E-state index in [1.807, 2.05) is 19.9 Å². The molecular weight excluding hydrogens is 132 g/mol. The van der Waals surface area contributed by atoms with Crippen molar-refractivity contribution in [2.75, 3.05) is 0 Å². The third-order valence-corrected chi connectivity index (χ3v) is 0.868. The zero-order chi connectivity index (χ0) is 9.11.